The summed E-state index contributed by atoms with van der Waals surface area (Å²) in [6, 6.07) is -6.26. The van der Waals surface area contributed by atoms with Crippen LogP contribution in [0.1, 0.15) is 120 Å². The summed E-state index contributed by atoms with van der Waals surface area (Å²) in [7, 11) is 1.59. The number of aliphatic hydroxyl groups is 2. The summed E-state index contributed by atoms with van der Waals surface area (Å²) in [6.45, 7) is 13.8. The van der Waals surface area contributed by atoms with Gasteiger partial charge in [-0.2, -0.15) is 0 Å². The van der Waals surface area contributed by atoms with Gasteiger partial charge in [0.25, 0.3) is 0 Å². The average Bonchev–Trinajstić information content (AvgIpc) is 3.60. The van der Waals surface area contributed by atoms with Gasteiger partial charge in [0, 0.05) is 13.0 Å². The van der Waals surface area contributed by atoms with Crippen molar-refractivity contribution < 1.29 is 72.5 Å². The molecule has 1 aliphatic heterocycles. The number of hydrogen-bond acceptors (Lipinski definition) is 17. The van der Waals surface area contributed by atoms with Crippen LogP contribution in [0.4, 0.5) is 0 Å². The summed E-state index contributed by atoms with van der Waals surface area (Å²) in [5, 5.41) is 48.6. The van der Waals surface area contributed by atoms with E-state index < -0.39 is 187 Å². The first-order valence-corrected chi connectivity index (χ1v) is 28.8. The molecule has 0 spiro atoms. The minimum absolute atomic E-state index is 0.0801. The van der Waals surface area contributed by atoms with Crippen LogP contribution >= 0.6 is 0 Å². The minimum atomic E-state index is -1.81. The number of cyclic esters (lactones) is 1. The van der Waals surface area contributed by atoms with E-state index in [9.17, 15) is 67.7 Å². The van der Waals surface area contributed by atoms with E-state index in [-0.39, 0.29) is 19.4 Å². The highest BCUT2D eigenvalue weighted by Crippen LogP contribution is 2.16. The molecule has 1 heterocycles. The molecule has 2 rings (SSSR count). The Morgan fingerprint density at radius 3 is 1.69 bits per heavy atom. The van der Waals surface area contributed by atoms with E-state index in [2.05, 4.69) is 63.5 Å². The number of primary amides is 1. The third kappa shape index (κ3) is 24.0. The first-order valence-electron chi connectivity index (χ1n) is 28.8. The van der Waals surface area contributed by atoms with Crippen molar-refractivity contribution in [2.75, 3.05) is 26.8 Å². The predicted molar refractivity (Wildman–Crippen MR) is 312 cm³/mol. The van der Waals surface area contributed by atoms with Gasteiger partial charge in [-0.15, -0.1) is 0 Å². The number of aliphatic hydroxyl groups excluding tert-OH is 2. The number of esters is 1. The zero-order valence-electron chi connectivity index (χ0n) is 50.6. The molecule has 0 radical (unpaired) electrons. The third-order valence-corrected chi connectivity index (χ3v) is 14.7. The molecular weight excluding hydrogens is 1110 g/mol. The molecule has 1 aliphatic rings. The van der Waals surface area contributed by atoms with Crippen LogP contribution in [-0.4, -0.2) is 186 Å². The normalized spacial score (nSPS) is 21.3. The Hall–Kier alpha value is -7.79. The minimum Gasteiger partial charge on any atom is -0.458 e. The van der Waals surface area contributed by atoms with Gasteiger partial charge < -0.3 is 84.9 Å². The maximum atomic E-state index is 14.0. The number of aliphatic imine (C=N–C) groups is 1. The number of amides is 11. The van der Waals surface area contributed by atoms with Gasteiger partial charge in [-0.1, -0.05) is 91.1 Å². The Balaban J connectivity index is 2.30. The van der Waals surface area contributed by atoms with E-state index >= 15 is 0 Å². The van der Waals surface area contributed by atoms with Gasteiger partial charge in [0.1, 0.15) is 66.5 Å². The van der Waals surface area contributed by atoms with Crippen molar-refractivity contribution in [3.63, 3.8) is 0 Å². The van der Waals surface area contributed by atoms with Crippen molar-refractivity contribution in [3.8, 4) is 0 Å². The van der Waals surface area contributed by atoms with Crippen molar-refractivity contribution in [1.82, 2.24) is 58.5 Å². The maximum Gasteiger partial charge on any atom is 0.329 e. The number of amidine groups is 1. The summed E-state index contributed by atoms with van der Waals surface area (Å²) < 4.78 is 5.69. The molecule has 476 valence electrons. The fourth-order valence-electron chi connectivity index (χ4n) is 8.61. The third-order valence-electron chi connectivity index (χ3n) is 14.7. The fraction of sp³-hybridized carbons (Fsp3) is 0.661. The summed E-state index contributed by atoms with van der Waals surface area (Å²) in [5.74, 6) is -12.2. The van der Waals surface area contributed by atoms with Crippen molar-refractivity contribution >= 4 is 76.8 Å². The molecule has 1 aromatic carbocycles. The first kappa shape index (κ1) is 73.3. The van der Waals surface area contributed by atoms with Gasteiger partial charge in [0.05, 0.1) is 25.1 Å². The Labute approximate surface area is 496 Å². The monoisotopic (exact) mass is 1200 g/mol. The molecule has 85 heavy (non-hydrogen) atoms. The number of hydrogen-bond donors (Lipinski definition) is 15. The second-order valence-electron chi connectivity index (χ2n) is 21.5. The number of carbonyl (C=O) groups is 12. The summed E-state index contributed by atoms with van der Waals surface area (Å²) >= 11 is 0. The molecule has 29 heteroatoms. The fourth-order valence-corrected chi connectivity index (χ4v) is 8.61. The molecule has 0 aliphatic carbocycles. The van der Waals surface area contributed by atoms with Crippen LogP contribution in [0.3, 0.4) is 0 Å². The Morgan fingerprint density at radius 1 is 0.647 bits per heavy atom. The van der Waals surface area contributed by atoms with E-state index in [1.54, 1.807) is 55.5 Å². The quantitative estimate of drug-likeness (QED) is 0.0142. The summed E-state index contributed by atoms with van der Waals surface area (Å²) in [4.78, 5) is 167. The van der Waals surface area contributed by atoms with Gasteiger partial charge in [0.2, 0.25) is 65.0 Å². The molecule has 0 unspecified atom stereocenters. The number of rotatable bonds is 32. The van der Waals surface area contributed by atoms with Crippen LogP contribution in [0.5, 0.6) is 0 Å². The average molecular weight is 1200 g/mol. The van der Waals surface area contributed by atoms with Crippen LogP contribution in [0.25, 0.3) is 0 Å². The molecule has 15 atom stereocenters. The second-order valence-corrected chi connectivity index (χ2v) is 21.5. The molecule has 0 aromatic heterocycles. The van der Waals surface area contributed by atoms with Crippen molar-refractivity contribution in [1.29, 1.82) is 0 Å². The zero-order valence-corrected chi connectivity index (χ0v) is 50.6. The Kier molecular flexibility index (Phi) is 31.8. The lowest BCUT2D eigenvalue weighted by Crippen LogP contribution is -2.63. The van der Waals surface area contributed by atoms with E-state index in [4.69, 9.17) is 16.2 Å². The zero-order chi connectivity index (χ0) is 64.2. The number of benzene rings is 1. The van der Waals surface area contributed by atoms with Gasteiger partial charge in [-0.25, -0.2) is 4.79 Å². The van der Waals surface area contributed by atoms with Crippen LogP contribution in [0.15, 0.2) is 35.3 Å². The number of nitrogens with zero attached hydrogens (tertiary/aromatic N) is 1. The van der Waals surface area contributed by atoms with Crippen LogP contribution in [0, 0.1) is 17.8 Å². The lowest BCUT2D eigenvalue weighted by atomic mass is 9.96. The molecule has 1 aromatic rings. The van der Waals surface area contributed by atoms with E-state index in [0.717, 1.165) is 5.56 Å². The smallest absolute Gasteiger partial charge is 0.329 e. The molecular formula is C56H92N14O15. The topological polar surface area (TPSA) is 451 Å². The first-order chi connectivity index (χ1) is 40.1. The van der Waals surface area contributed by atoms with Crippen molar-refractivity contribution in [3.05, 3.63) is 35.9 Å². The van der Waals surface area contributed by atoms with Crippen molar-refractivity contribution in [2.45, 2.75) is 193 Å². The maximum absolute atomic E-state index is 14.0. The van der Waals surface area contributed by atoms with Crippen LogP contribution in [0.2, 0.25) is 0 Å². The lowest BCUT2D eigenvalue weighted by Gasteiger charge is -2.30. The summed E-state index contributed by atoms with van der Waals surface area (Å²) in [5.41, 5.74) is 11.9. The molecule has 1 fully saturated rings. The number of carbonyl (C=O) groups excluding carboxylic acids is 12. The van der Waals surface area contributed by atoms with E-state index in [1.807, 2.05) is 30.3 Å². The van der Waals surface area contributed by atoms with E-state index in [1.165, 1.54) is 20.8 Å². The highest BCUT2D eigenvalue weighted by molar-refractivity contribution is 5.99. The number of ether oxygens (including phenoxy) is 1. The van der Waals surface area contributed by atoms with Gasteiger partial charge in [-0.05, 0) is 83.7 Å². The predicted octanol–water partition coefficient (Wildman–Crippen LogP) is -3.80. The lowest BCUT2D eigenvalue weighted by molar-refractivity contribution is -0.157. The Bertz CT molecular complexity index is 2480. The largest absolute Gasteiger partial charge is 0.458 e. The molecule has 29 nitrogen and oxygen atoms in total. The number of nitrogens with two attached hydrogens (primary N) is 2. The summed E-state index contributed by atoms with van der Waals surface area (Å²) in [6.07, 6.45) is -0.589. The molecule has 0 bridgehead atoms. The van der Waals surface area contributed by atoms with Gasteiger partial charge in [-0.3, -0.25) is 57.7 Å². The number of nitrogens with one attached hydrogen (secondary N) is 11. The van der Waals surface area contributed by atoms with Gasteiger partial charge >= 0.3 is 5.97 Å². The SMILES string of the molecule is CC[C@H](C)[C@H](NC(=O)[C@@H](C)NC(=O)[C@@H](CCC(N)=O)NC(=O)[C@H](CO)NC(=O)[C@@H](NC(=O)[C@@H](Cc1ccccc1)NC)[C@@H](C)CC)C(=O)N[C@@H](CO)C(=O)N[C@H]1C(=O)N[C@@H](C)C(=O)N[C@@H](CCCN=C(C)N)C(=O)N[C@@H]([C@@H](C)CC)C(=O)O[C@H]1C. The second kappa shape index (κ2) is 36.8. The highest BCUT2D eigenvalue weighted by Gasteiger charge is 2.40. The van der Waals surface area contributed by atoms with Crippen LogP contribution < -0.4 is 70.0 Å². The highest BCUT2D eigenvalue weighted by atomic mass is 16.5. The van der Waals surface area contributed by atoms with Crippen LogP contribution in [-0.2, 0) is 68.7 Å². The van der Waals surface area contributed by atoms with E-state index in [0.29, 0.717) is 31.5 Å². The van der Waals surface area contributed by atoms with Gasteiger partial charge in [0.15, 0.2) is 0 Å². The van der Waals surface area contributed by atoms with Crippen molar-refractivity contribution in [2.24, 2.45) is 34.2 Å². The molecule has 17 N–H and O–H groups in total. The molecule has 1 saturated heterocycles. The Morgan fingerprint density at radius 2 is 1.18 bits per heavy atom. The molecule has 0 saturated carbocycles. The number of likely N-dealkylation sites (N-methyl/N-ethyl adjacent to an activating group) is 1. The molecule has 11 amide bonds. The standard InChI is InChI=1S/C56H92N14O15/c1-12-28(4)42(53(81)66-40(27-72)52(80)70-45-33(9)85-56(84)44(30(6)14-3)69-49(77)36(21-18-24-60-34(10)57)63-46(74)31(7)62-55(45)83)67-47(75)32(8)61-48(76)37(22-23-41(58)73)64-51(79)39(26-71)65-54(82)43(29(5)13-2)68-50(78)38(59-11)25-35-19-16-15-17-20-35/h15-17,19-20,28-33,36-40,42-45,59,71-72H,12-14,18,21-27H2,1-11H3,(H2,57,60)(H2,58,73)(H,61,76)(H,62,83)(H,63,74)(H,64,79)(H,65,82)(H,66,81)(H,67,75)(H,68,78)(H,69,77)(H,70,80)/t28-,29-,30-,31-,32+,33-,36-,37+,38+,39-,40-,42-,43-,44-,45+/m0/s1.